The number of hydrogen-bond donors (Lipinski definition) is 5. The molecule has 0 aliphatic heterocycles. The van der Waals surface area contributed by atoms with E-state index in [-0.39, 0.29) is 50.6 Å². The number of unbranched alkanes of at least 4 members (excludes halogenated alkanes) is 3. The number of ether oxygens (including phenoxy) is 2. The average molecular weight is 636 g/mol. The fraction of sp³-hybridized carbons (Fsp3) is 0.581. The van der Waals surface area contributed by atoms with E-state index in [0.717, 1.165) is 12.0 Å². The molecule has 0 saturated heterocycles. The summed E-state index contributed by atoms with van der Waals surface area (Å²) >= 11 is 0. The van der Waals surface area contributed by atoms with Crippen molar-refractivity contribution in [3.05, 3.63) is 35.9 Å². The first-order valence-electron chi connectivity index (χ1n) is 14.9. The van der Waals surface area contributed by atoms with Crippen molar-refractivity contribution in [2.75, 3.05) is 6.54 Å². The van der Waals surface area contributed by atoms with Crippen LogP contribution in [0, 0.1) is 0 Å². The summed E-state index contributed by atoms with van der Waals surface area (Å²) in [6.07, 6.45) is 1.66. The summed E-state index contributed by atoms with van der Waals surface area (Å²) in [5.74, 6) is -5.55. The van der Waals surface area contributed by atoms with E-state index in [1.54, 1.807) is 20.8 Å². The van der Waals surface area contributed by atoms with Crippen LogP contribution in [0.1, 0.15) is 90.5 Å². The normalized spacial score (nSPS) is 12.2. The fourth-order valence-electron chi connectivity index (χ4n) is 3.92. The molecule has 0 aliphatic carbocycles. The van der Waals surface area contributed by atoms with Crippen LogP contribution in [-0.2, 0) is 49.6 Å². The van der Waals surface area contributed by atoms with Gasteiger partial charge >= 0.3 is 23.9 Å². The number of carboxylic acid groups (broad SMARTS) is 2. The first kappa shape index (κ1) is 38.5. The van der Waals surface area contributed by atoms with Crippen LogP contribution in [-0.4, -0.2) is 76.0 Å². The number of esters is 2. The minimum Gasteiger partial charge on any atom is -0.481 e. The molecular formula is C31H45N3O11. The summed E-state index contributed by atoms with van der Waals surface area (Å²) in [5, 5.41) is 25.1. The third-order valence-electron chi connectivity index (χ3n) is 6.19. The number of carbonyl (C=O) groups excluding carboxylic acids is 5. The summed E-state index contributed by atoms with van der Waals surface area (Å²) in [4.78, 5) is 83.6. The first-order valence-corrected chi connectivity index (χ1v) is 14.9. The average Bonchev–Trinajstić information content (AvgIpc) is 2.96. The second-order valence-corrected chi connectivity index (χ2v) is 11.4. The summed E-state index contributed by atoms with van der Waals surface area (Å²) in [5.41, 5.74) is 0.0141. The molecule has 14 nitrogen and oxygen atoms in total. The largest absolute Gasteiger partial charge is 0.481 e. The Bertz CT molecular complexity index is 1150. The van der Waals surface area contributed by atoms with Crippen LogP contribution in [0.15, 0.2) is 30.3 Å². The Hall–Kier alpha value is -4.49. The molecule has 1 rings (SSSR count). The molecule has 0 heterocycles. The Balaban J connectivity index is 2.42. The smallest absolute Gasteiger partial charge is 0.329 e. The van der Waals surface area contributed by atoms with Crippen LogP contribution in [0.4, 0.5) is 0 Å². The van der Waals surface area contributed by atoms with Gasteiger partial charge in [0.25, 0.3) is 0 Å². The van der Waals surface area contributed by atoms with Crippen LogP contribution in [0.5, 0.6) is 0 Å². The molecule has 1 aromatic carbocycles. The van der Waals surface area contributed by atoms with Crippen molar-refractivity contribution in [2.24, 2.45) is 0 Å². The van der Waals surface area contributed by atoms with Gasteiger partial charge in [-0.15, -0.1) is 0 Å². The molecule has 0 radical (unpaired) electrons. The third-order valence-corrected chi connectivity index (χ3v) is 6.19. The SMILES string of the molecule is CC(C)(C)OC(=O)C(CCC(=O)N[C@@H](CCC(=O)O)C(=O)O)NC(=O)CNC(=O)CCCCCCC(=O)OCc1ccccc1. The van der Waals surface area contributed by atoms with Gasteiger partial charge in [0.1, 0.15) is 24.3 Å². The zero-order valence-corrected chi connectivity index (χ0v) is 26.1. The van der Waals surface area contributed by atoms with Crippen molar-refractivity contribution in [3.8, 4) is 0 Å². The lowest BCUT2D eigenvalue weighted by Crippen LogP contribution is -2.48. The van der Waals surface area contributed by atoms with Crippen molar-refractivity contribution in [3.63, 3.8) is 0 Å². The number of amides is 3. The van der Waals surface area contributed by atoms with Gasteiger partial charge in [-0.05, 0) is 52.0 Å². The van der Waals surface area contributed by atoms with E-state index in [1.807, 2.05) is 30.3 Å². The molecule has 3 amide bonds. The Morgan fingerprint density at radius 1 is 0.733 bits per heavy atom. The zero-order valence-electron chi connectivity index (χ0n) is 26.1. The predicted molar refractivity (Wildman–Crippen MR) is 160 cm³/mol. The Kier molecular flexibility index (Phi) is 17.5. The van der Waals surface area contributed by atoms with Gasteiger partial charge in [-0.25, -0.2) is 9.59 Å². The van der Waals surface area contributed by atoms with E-state index in [4.69, 9.17) is 14.6 Å². The number of nitrogens with one attached hydrogen (secondary N) is 3. The predicted octanol–water partition coefficient (Wildman–Crippen LogP) is 2.23. The number of benzene rings is 1. The molecule has 0 aromatic heterocycles. The molecule has 0 spiro atoms. The molecule has 0 fully saturated rings. The van der Waals surface area contributed by atoms with Crippen LogP contribution in [0.3, 0.4) is 0 Å². The Morgan fingerprint density at radius 3 is 1.93 bits per heavy atom. The molecule has 1 aromatic rings. The standard InChI is InChI=1S/C31H45N3O11/c1-31(2,3)45-30(43)23(15-17-25(36)33-22(29(41)42)16-18-27(38)39)34-26(37)19-32-24(35)13-9-4-5-10-14-28(40)44-20-21-11-7-6-8-12-21/h6-8,11-12,22-23H,4-5,9-10,13-20H2,1-3H3,(H,32,35)(H,33,36)(H,34,37)(H,38,39)(H,41,42)/t22-,23?/m0/s1. The van der Waals surface area contributed by atoms with Crippen LogP contribution < -0.4 is 16.0 Å². The molecular weight excluding hydrogens is 590 g/mol. The second-order valence-electron chi connectivity index (χ2n) is 11.4. The molecule has 0 bridgehead atoms. The van der Waals surface area contributed by atoms with E-state index in [0.29, 0.717) is 19.3 Å². The van der Waals surface area contributed by atoms with E-state index in [1.165, 1.54) is 0 Å². The third kappa shape index (κ3) is 19.4. The lowest BCUT2D eigenvalue weighted by Gasteiger charge is -2.24. The van der Waals surface area contributed by atoms with E-state index in [9.17, 15) is 38.7 Å². The van der Waals surface area contributed by atoms with Crippen molar-refractivity contribution < 1.29 is 53.2 Å². The highest BCUT2D eigenvalue weighted by Gasteiger charge is 2.28. The highest BCUT2D eigenvalue weighted by Crippen LogP contribution is 2.12. The number of carbonyl (C=O) groups is 7. The Morgan fingerprint density at radius 2 is 1.33 bits per heavy atom. The zero-order chi connectivity index (χ0) is 33.8. The molecule has 0 aliphatic rings. The minimum absolute atomic E-state index is 0.161. The molecule has 1 unspecified atom stereocenters. The van der Waals surface area contributed by atoms with Gasteiger partial charge in [0.05, 0.1) is 6.54 Å². The molecule has 250 valence electrons. The van der Waals surface area contributed by atoms with Crippen molar-refractivity contribution in [2.45, 2.75) is 109 Å². The fourth-order valence-corrected chi connectivity index (χ4v) is 3.92. The summed E-state index contributed by atoms with van der Waals surface area (Å²) < 4.78 is 10.5. The van der Waals surface area contributed by atoms with Crippen molar-refractivity contribution in [1.29, 1.82) is 0 Å². The van der Waals surface area contributed by atoms with E-state index in [2.05, 4.69) is 16.0 Å². The number of carboxylic acids is 2. The summed E-state index contributed by atoms with van der Waals surface area (Å²) in [7, 11) is 0. The topological polar surface area (TPSA) is 214 Å². The molecule has 2 atom stereocenters. The summed E-state index contributed by atoms with van der Waals surface area (Å²) in [6.45, 7) is 4.66. The lowest BCUT2D eigenvalue weighted by atomic mass is 10.1. The minimum atomic E-state index is -1.43. The van der Waals surface area contributed by atoms with Gasteiger partial charge in [-0.3, -0.25) is 24.0 Å². The van der Waals surface area contributed by atoms with Crippen molar-refractivity contribution in [1.82, 2.24) is 16.0 Å². The number of rotatable bonds is 21. The van der Waals surface area contributed by atoms with E-state index < -0.39 is 60.4 Å². The number of aliphatic carboxylic acids is 2. The quantitative estimate of drug-likeness (QED) is 0.0975. The molecule has 14 heteroatoms. The van der Waals surface area contributed by atoms with Crippen LogP contribution in [0.2, 0.25) is 0 Å². The van der Waals surface area contributed by atoms with E-state index >= 15 is 0 Å². The highest BCUT2D eigenvalue weighted by atomic mass is 16.6. The Labute approximate surface area is 262 Å². The van der Waals surface area contributed by atoms with Gasteiger partial charge in [-0.2, -0.15) is 0 Å². The maximum atomic E-state index is 12.7. The summed E-state index contributed by atoms with van der Waals surface area (Å²) in [6, 6.07) is 6.67. The maximum Gasteiger partial charge on any atom is 0.329 e. The van der Waals surface area contributed by atoms with Crippen LogP contribution in [0.25, 0.3) is 0 Å². The lowest BCUT2D eigenvalue weighted by molar-refractivity contribution is -0.159. The molecule has 45 heavy (non-hydrogen) atoms. The number of hydrogen-bond acceptors (Lipinski definition) is 9. The first-order chi connectivity index (χ1) is 21.2. The van der Waals surface area contributed by atoms with Gasteiger partial charge in [0.15, 0.2) is 0 Å². The van der Waals surface area contributed by atoms with Crippen LogP contribution >= 0.6 is 0 Å². The van der Waals surface area contributed by atoms with Gasteiger partial charge < -0.3 is 35.6 Å². The molecule has 0 saturated carbocycles. The van der Waals surface area contributed by atoms with Gasteiger partial charge in [0, 0.05) is 25.7 Å². The second kappa shape index (κ2) is 20.5. The van der Waals surface area contributed by atoms with Crippen molar-refractivity contribution >= 4 is 41.6 Å². The van der Waals surface area contributed by atoms with Gasteiger partial charge in [-0.1, -0.05) is 43.2 Å². The van der Waals surface area contributed by atoms with Gasteiger partial charge in [0.2, 0.25) is 17.7 Å². The maximum absolute atomic E-state index is 12.7. The molecule has 5 N–H and O–H groups in total. The highest BCUT2D eigenvalue weighted by molar-refractivity contribution is 5.89. The monoisotopic (exact) mass is 635 g/mol.